The Bertz CT molecular complexity index is 934. The zero-order chi connectivity index (χ0) is 18.6. The number of nitrogens with zero attached hydrogens (tertiary/aromatic N) is 4. The number of piperazine rings is 1. The normalized spacial score (nSPS) is 14.3. The highest BCUT2D eigenvalue weighted by atomic mass is 16.2. The predicted molar refractivity (Wildman–Crippen MR) is 107 cm³/mol. The van der Waals surface area contributed by atoms with Crippen LogP contribution in [0.25, 0.3) is 11.3 Å². The van der Waals surface area contributed by atoms with Crippen molar-refractivity contribution in [2.75, 3.05) is 31.1 Å². The first-order valence-electron chi connectivity index (χ1n) is 9.20. The van der Waals surface area contributed by atoms with Crippen LogP contribution in [0.2, 0.25) is 0 Å². The molecule has 136 valence electrons. The highest BCUT2D eigenvalue weighted by Crippen LogP contribution is 2.22. The number of hydrogen-bond acceptors (Lipinski definition) is 4. The fourth-order valence-corrected chi connectivity index (χ4v) is 3.41. The average molecular weight is 358 g/mol. The van der Waals surface area contributed by atoms with E-state index in [1.54, 1.807) is 6.33 Å². The van der Waals surface area contributed by atoms with Crippen LogP contribution in [0.5, 0.6) is 0 Å². The molecule has 5 heteroatoms. The first-order valence-corrected chi connectivity index (χ1v) is 9.20. The van der Waals surface area contributed by atoms with Crippen LogP contribution in [0.1, 0.15) is 15.9 Å². The van der Waals surface area contributed by atoms with E-state index in [-0.39, 0.29) is 5.91 Å². The van der Waals surface area contributed by atoms with Gasteiger partial charge in [0.05, 0.1) is 5.69 Å². The first kappa shape index (κ1) is 17.2. The van der Waals surface area contributed by atoms with Gasteiger partial charge in [-0.3, -0.25) is 4.79 Å². The summed E-state index contributed by atoms with van der Waals surface area (Å²) in [6.07, 6.45) is 1.61. The van der Waals surface area contributed by atoms with Crippen molar-refractivity contribution in [1.29, 1.82) is 0 Å². The van der Waals surface area contributed by atoms with Gasteiger partial charge in [-0.25, -0.2) is 9.97 Å². The van der Waals surface area contributed by atoms with Crippen molar-refractivity contribution in [3.05, 3.63) is 78.1 Å². The lowest BCUT2D eigenvalue weighted by Gasteiger charge is -2.35. The molecule has 0 atom stereocenters. The van der Waals surface area contributed by atoms with E-state index in [9.17, 15) is 4.79 Å². The van der Waals surface area contributed by atoms with Crippen molar-refractivity contribution in [3.8, 4) is 11.3 Å². The molecule has 0 saturated carbocycles. The molecule has 4 rings (SSSR count). The molecule has 1 aliphatic rings. The summed E-state index contributed by atoms with van der Waals surface area (Å²) >= 11 is 0. The van der Waals surface area contributed by atoms with E-state index < -0.39 is 0 Å². The van der Waals surface area contributed by atoms with Gasteiger partial charge in [0, 0.05) is 43.4 Å². The van der Waals surface area contributed by atoms with Gasteiger partial charge in [0.1, 0.15) is 12.1 Å². The maximum Gasteiger partial charge on any atom is 0.254 e. The molecule has 2 aromatic carbocycles. The van der Waals surface area contributed by atoms with Gasteiger partial charge in [0.2, 0.25) is 0 Å². The van der Waals surface area contributed by atoms with E-state index in [1.165, 1.54) is 0 Å². The molecule has 0 radical (unpaired) electrons. The summed E-state index contributed by atoms with van der Waals surface area (Å²) in [7, 11) is 0. The molecule has 3 aromatic rings. The zero-order valence-electron chi connectivity index (χ0n) is 15.4. The lowest BCUT2D eigenvalue weighted by Crippen LogP contribution is -2.49. The van der Waals surface area contributed by atoms with Crippen molar-refractivity contribution >= 4 is 11.7 Å². The first-order chi connectivity index (χ1) is 13.2. The van der Waals surface area contributed by atoms with Gasteiger partial charge in [-0.2, -0.15) is 0 Å². The van der Waals surface area contributed by atoms with Crippen LogP contribution in [-0.2, 0) is 0 Å². The van der Waals surface area contributed by atoms with Gasteiger partial charge in [-0.15, -0.1) is 0 Å². The number of rotatable bonds is 3. The lowest BCUT2D eigenvalue weighted by atomic mass is 10.1. The third-order valence-corrected chi connectivity index (χ3v) is 4.99. The Kier molecular flexibility index (Phi) is 4.83. The second-order valence-electron chi connectivity index (χ2n) is 6.72. The van der Waals surface area contributed by atoms with Gasteiger partial charge < -0.3 is 9.80 Å². The lowest BCUT2D eigenvalue weighted by molar-refractivity contribution is 0.0746. The van der Waals surface area contributed by atoms with Crippen LogP contribution in [0.3, 0.4) is 0 Å². The summed E-state index contributed by atoms with van der Waals surface area (Å²) in [5.41, 5.74) is 3.81. The summed E-state index contributed by atoms with van der Waals surface area (Å²) in [5, 5.41) is 0. The van der Waals surface area contributed by atoms with Crippen LogP contribution in [0.4, 0.5) is 5.82 Å². The maximum atomic E-state index is 12.8. The molecule has 1 amide bonds. The SMILES string of the molecule is Cc1ccccc1C(=O)N1CCN(c2cc(-c3ccccc3)ncn2)CC1. The highest BCUT2D eigenvalue weighted by Gasteiger charge is 2.23. The third kappa shape index (κ3) is 3.67. The Hall–Kier alpha value is -3.21. The topological polar surface area (TPSA) is 49.3 Å². The van der Waals surface area contributed by atoms with Crippen molar-refractivity contribution in [3.63, 3.8) is 0 Å². The van der Waals surface area contributed by atoms with Crippen molar-refractivity contribution in [2.45, 2.75) is 6.92 Å². The molecule has 0 spiro atoms. The van der Waals surface area contributed by atoms with Gasteiger partial charge >= 0.3 is 0 Å². The number of hydrogen-bond donors (Lipinski definition) is 0. The molecule has 1 saturated heterocycles. The molecule has 5 nitrogen and oxygen atoms in total. The summed E-state index contributed by atoms with van der Waals surface area (Å²) in [6, 6.07) is 19.9. The molecule has 0 unspecified atom stereocenters. The van der Waals surface area contributed by atoms with Gasteiger partial charge in [-0.1, -0.05) is 48.5 Å². The number of carbonyl (C=O) groups is 1. The zero-order valence-corrected chi connectivity index (χ0v) is 15.4. The fraction of sp³-hybridized carbons (Fsp3) is 0.227. The Balaban J connectivity index is 1.45. The van der Waals surface area contributed by atoms with Crippen molar-refractivity contribution in [1.82, 2.24) is 14.9 Å². The number of benzene rings is 2. The summed E-state index contributed by atoms with van der Waals surface area (Å²) in [6.45, 7) is 4.90. The third-order valence-electron chi connectivity index (χ3n) is 4.99. The minimum Gasteiger partial charge on any atom is -0.353 e. The number of anilines is 1. The van der Waals surface area contributed by atoms with Crippen molar-refractivity contribution < 1.29 is 4.79 Å². The minimum absolute atomic E-state index is 0.111. The van der Waals surface area contributed by atoms with E-state index in [4.69, 9.17) is 0 Å². The maximum absolute atomic E-state index is 12.8. The standard InChI is InChI=1S/C22H22N4O/c1-17-7-5-6-10-19(17)22(27)26-13-11-25(12-14-26)21-15-20(23-16-24-21)18-8-3-2-4-9-18/h2-10,15-16H,11-14H2,1H3. The average Bonchev–Trinajstić information content (AvgIpc) is 2.74. The second-order valence-corrected chi connectivity index (χ2v) is 6.72. The van der Waals surface area contributed by atoms with Crippen LogP contribution in [0.15, 0.2) is 67.0 Å². The highest BCUT2D eigenvalue weighted by molar-refractivity contribution is 5.95. The predicted octanol–water partition coefficient (Wildman–Crippen LogP) is 3.41. The fourth-order valence-electron chi connectivity index (χ4n) is 3.41. The molecule has 2 heterocycles. The quantitative estimate of drug-likeness (QED) is 0.720. The van der Waals surface area contributed by atoms with E-state index >= 15 is 0 Å². The molecule has 1 fully saturated rings. The van der Waals surface area contributed by atoms with Crippen LogP contribution >= 0.6 is 0 Å². The molecule has 27 heavy (non-hydrogen) atoms. The molecular formula is C22H22N4O. The Labute approximate surface area is 159 Å². The van der Waals surface area contributed by atoms with Gasteiger partial charge in [0.15, 0.2) is 0 Å². The monoisotopic (exact) mass is 358 g/mol. The molecule has 1 aliphatic heterocycles. The largest absolute Gasteiger partial charge is 0.353 e. The smallest absolute Gasteiger partial charge is 0.254 e. The van der Waals surface area contributed by atoms with Gasteiger partial charge in [0.25, 0.3) is 5.91 Å². The molecule has 1 aromatic heterocycles. The Morgan fingerprint density at radius 1 is 0.889 bits per heavy atom. The van der Waals surface area contributed by atoms with E-state index in [0.717, 1.165) is 41.3 Å². The van der Waals surface area contributed by atoms with Crippen LogP contribution < -0.4 is 4.90 Å². The van der Waals surface area contributed by atoms with Crippen LogP contribution in [0, 0.1) is 6.92 Å². The van der Waals surface area contributed by atoms with E-state index in [1.807, 2.05) is 72.5 Å². The van der Waals surface area contributed by atoms with Crippen LogP contribution in [-0.4, -0.2) is 47.0 Å². The van der Waals surface area contributed by atoms with Gasteiger partial charge in [-0.05, 0) is 18.6 Å². The van der Waals surface area contributed by atoms with E-state index in [0.29, 0.717) is 13.1 Å². The second kappa shape index (κ2) is 7.58. The van der Waals surface area contributed by atoms with Crippen molar-refractivity contribution in [2.24, 2.45) is 0 Å². The minimum atomic E-state index is 0.111. The number of aryl methyl sites for hydroxylation is 1. The molecule has 0 N–H and O–H groups in total. The van der Waals surface area contributed by atoms with E-state index in [2.05, 4.69) is 14.9 Å². The Morgan fingerprint density at radius 3 is 2.33 bits per heavy atom. The molecular weight excluding hydrogens is 336 g/mol. The Morgan fingerprint density at radius 2 is 1.59 bits per heavy atom. The number of amides is 1. The summed E-state index contributed by atoms with van der Waals surface area (Å²) in [4.78, 5) is 25.8. The number of carbonyl (C=O) groups excluding carboxylic acids is 1. The number of aromatic nitrogens is 2. The summed E-state index contributed by atoms with van der Waals surface area (Å²) in [5.74, 6) is 1.02. The summed E-state index contributed by atoms with van der Waals surface area (Å²) < 4.78 is 0. The molecule has 0 aliphatic carbocycles. The molecule has 0 bridgehead atoms.